The third kappa shape index (κ3) is 3.28. The Bertz CT molecular complexity index is 1270. The highest BCUT2D eigenvalue weighted by atomic mass is 35.5. The summed E-state index contributed by atoms with van der Waals surface area (Å²) in [4.78, 5) is 37.3. The molecule has 2 aliphatic heterocycles. The van der Waals surface area contributed by atoms with Crippen LogP contribution in [0.15, 0.2) is 58.5 Å². The van der Waals surface area contributed by atoms with Crippen LogP contribution < -0.4 is 11.2 Å². The number of nitrogens with zero attached hydrogens (tertiary/aromatic N) is 5. The lowest BCUT2D eigenvalue weighted by Crippen LogP contribution is -2.36. The largest absolute Gasteiger partial charge is 0.357 e. The molecule has 0 amide bonds. The molecule has 0 atom stereocenters. The second-order valence-corrected chi connectivity index (χ2v) is 6.61. The summed E-state index contributed by atoms with van der Waals surface area (Å²) in [6.07, 6.45) is 4.77. The molecule has 3 heterocycles. The fourth-order valence-corrected chi connectivity index (χ4v) is 3.05. The number of hydrogen-bond acceptors (Lipinski definition) is 5. The van der Waals surface area contributed by atoms with E-state index in [9.17, 15) is 14.0 Å². The van der Waals surface area contributed by atoms with Crippen molar-refractivity contribution < 1.29 is 4.39 Å². The topological polar surface area (TPSA) is 82.7 Å². The third-order valence-corrected chi connectivity index (χ3v) is 4.54. The van der Waals surface area contributed by atoms with Gasteiger partial charge >= 0.3 is 5.69 Å². The Morgan fingerprint density at radius 2 is 1.82 bits per heavy atom. The maximum absolute atomic E-state index is 13.4. The first-order valence-corrected chi connectivity index (χ1v) is 8.74. The van der Waals surface area contributed by atoms with Crippen molar-refractivity contribution in [1.82, 2.24) is 24.1 Å². The summed E-state index contributed by atoms with van der Waals surface area (Å²) >= 11 is 11.5. The molecule has 28 heavy (non-hydrogen) atoms. The molecule has 0 spiro atoms. The lowest BCUT2D eigenvalue weighted by Gasteiger charge is -2.15. The predicted molar refractivity (Wildman–Crippen MR) is 102 cm³/mol. The van der Waals surface area contributed by atoms with Gasteiger partial charge in [-0.15, -0.1) is 0 Å². The molecule has 0 saturated heterocycles. The van der Waals surface area contributed by atoms with Crippen molar-refractivity contribution in [3.8, 4) is 17.1 Å². The summed E-state index contributed by atoms with van der Waals surface area (Å²) in [5, 5.41) is -0.0813. The first-order chi connectivity index (χ1) is 13.4. The monoisotopic (exact) mass is 417 g/mol. The molecule has 4 rings (SSSR count). The first-order valence-electron chi connectivity index (χ1n) is 7.98. The molecule has 0 saturated carbocycles. The summed E-state index contributed by atoms with van der Waals surface area (Å²) < 4.78 is 15.9. The van der Waals surface area contributed by atoms with Crippen molar-refractivity contribution in [3.05, 3.63) is 91.4 Å². The van der Waals surface area contributed by atoms with Crippen molar-refractivity contribution in [2.24, 2.45) is 0 Å². The maximum atomic E-state index is 13.4. The highest BCUT2D eigenvalue weighted by Gasteiger charge is 2.18. The molecule has 1 aromatic carbocycles. The van der Waals surface area contributed by atoms with E-state index in [0.717, 1.165) is 10.6 Å². The van der Waals surface area contributed by atoms with Gasteiger partial charge in [0.15, 0.2) is 5.82 Å². The van der Waals surface area contributed by atoms with Crippen LogP contribution in [0.2, 0.25) is 10.3 Å². The molecule has 1 aromatic heterocycles. The van der Waals surface area contributed by atoms with Gasteiger partial charge in [-0.1, -0.05) is 11.6 Å². The fourth-order valence-electron chi connectivity index (χ4n) is 2.78. The number of fused-ring (bicyclic) bond motifs is 1. The van der Waals surface area contributed by atoms with Crippen LogP contribution in [0.3, 0.4) is 0 Å². The van der Waals surface area contributed by atoms with Crippen LogP contribution in [0.4, 0.5) is 4.39 Å². The van der Waals surface area contributed by atoms with Crippen molar-refractivity contribution >= 4 is 23.2 Å². The normalized spacial score (nSPS) is 11.1. The SMILES string of the molecule is O=c1nc2n(Cc3cnc(Cl)nc3)cccc-2c(=O)n1-c1ccc(F)c(Cl)c1. The molecule has 2 aliphatic rings. The summed E-state index contributed by atoms with van der Waals surface area (Å²) in [5.74, 6) is -0.445. The van der Waals surface area contributed by atoms with Gasteiger partial charge in [0.05, 0.1) is 22.8 Å². The highest BCUT2D eigenvalue weighted by molar-refractivity contribution is 6.30. The van der Waals surface area contributed by atoms with Crippen LogP contribution in [-0.4, -0.2) is 24.1 Å². The lowest BCUT2D eigenvalue weighted by atomic mass is 10.2. The third-order valence-electron chi connectivity index (χ3n) is 4.06. The summed E-state index contributed by atoms with van der Waals surface area (Å²) in [6.45, 7) is 0.285. The minimum absolute atomic E-state index is 0.118. The number of hydrogen-bond donors (Lipinski definition) is 0. The van der Waals surface area contributed by atoms with Crippen LogP contribution in [0.25, 0.3) is 17.1 Å². The zero-order valence-electron chi connectivity index (χ0n) is 14.0. The Kier molecular flexibility index (Phi) is 4.66. The molecule has 0 radical (unpaired) electrons. The van der Waals surface area contributed by atoms with E-state index in [1.54, 1.807) is 35.3 Å². The summed E-state index contributed by atoms with van der Waals surface area (Å²) in [6, 6.07) is 6.80. The minimum Gasteiger partial charge on any atom is -0.328 e. The molecule has 0 bridgehead atoms. The number of pyridine rings is 1. The van der Waals surface area contributed by atoms with E-state index in [1.807, 2.05) is 0 Å². The highest BCUT2D eigenvalue weighted by Crippen LogP contribution is 2.19. The minimum atomic E-state index is -0.799. The number of aromatic nitrogens is 5. The van der Waals surface area contributed by atoms with E-state index in [1.165, 1.54) is 12.1 Å². The molecule has 10 heteroatoms. The van der Waals surface area contributed by atoms with Crippen LogP contribution in [-0.2, 0) is 6.54 Å². The van der Waals surface area contributed by atoms with Gasteiger partial charge in [-0.2, -0.15) is 4.98 Å². The van der Waals surface area contributed by atoms with Gasteiger partial charge in [0, 0.05) is 24.2 Å². The van der Waals surface area contributed by atoms with Crippen LogP contribution in [0.1, 0.15) is 5.56 Å². The van der Waals surface area contributed by atoms with Crippen molar-refractivity contribution in [2.75, 3.05) is 0 Å². The Balaban J connectivity index is 1.87. The molecular weight excluding hydrogens is 408 g/mol. The maximum Gasteiger partial charge on any atom is 0.357 e. The number of halogens is 3. The average molecular weight is 418 g/mol. The zero-order chi connectivity index (χ0) is 19.8. The Morgan fingerprint density at radius 1 is 1.07 bits per heavy atom. The Labute approximate surface area is 167 Å². The molecule has 140 valence electrons. The molecule has 0 aliphatic carbocycles. The van der Waals surface area contributed by atoms with Gasteiger partial charge in [-0.05, 0) is 41.9 Å². The fraction of sp³-hybridized carbons (Fsp3) is 0.0556. The Morgan fingerprint density at radius 3 is 2.54 bits per heavy atom. The lowest BCUT2D eigenvalue weighted by molar-refractivity contribution is 0.627. The van der Waals surface area contributed by atoms with E-state index >= 15 is 0 Å². The van der Waals surface area contributed by atoms with Gasteiger partial charge in [0.1, 0.15) is 5.82 Å². The molecule has 0 unspecified atom stereocenters. The van der Waals surface area contributed by atoms with Crippen molar-refractivity contribution in [3.63, 3.8) is 0 Å². The van der Waals surface area contributed by atoms with Crippen molar-refractivity contribution in [1.29, 1.82) is 0 Å². The van der Waals surface area contributed by atoms with E-state index in [-0.39, 0.29) is 33.9 Å². The van der Waals surface area contributed by atoms with Crippen LogP contribution in [0, 0.1) is 5.82 Å². The summed E-state index contributed by atoms with van der Waals surface area (Å²) in [7, 11) is 0. The quantitative estimate of drug-likeness (QED) is 0.478. The number of rotatable bonds is 3. The van der Waals surface area contributed by atoms with Gasteiger partial charge in [0.25, 0.3) is 5.56 Å². The first kappa shape index (κ1) is 18.3. The van der Waals surface area contributed by atoms with Crippen molar-refractivity contribution in [2.45, 2.75) is 6.54 Å². The molecule has 0 fully saturated rings. The average Bonchev–Trinajstić information content (AvgIpc) is 2.67. The van der Waals surface area contributed by atoms with Gasteiger partial charge in [-0.3, -0.25) is 4.79 Å². The van der Waals surface area contributed by atoms with Gasteiger partial charge in [-0.25, -0.2) is 23.7 Å². The Hall–Kier alpha value is -3.10. The second kappa shape index (κ2) is 7.14. The van der Waals surface area contributed by atoms with E-state index in [2.05, 4.69) is 15.0 Å². The standard InChI is InChI=1S/C18H10Cl2FN5O2/c19-13-6-11(3-4-14(13)21)26-16(27)12-2-1-5-25(15(12)24-18(26)28)9-10-7-22-17(20)23-8-10/h1-8H,9H2. The van der Waals surface area contributed by atoms with E-state index in [0.29, 0.717) is 5.56 Å². The van der Waals surface area contributed by atoms with Gasteiger partial charge < -0.3 is 4.57 Å². The summed E-state index contributed by atoms with van der Waals surface area (Å²) in [5.41, 5.74) is -0.313. The van der Waals surface area contributed by atoms with Crippen LogP contribution in [0.5, 0.6) is 0 Å². The zero-order valence-corrected chi connectivity index (χ0v) is 15.5. The van der Waals surface area contributed by atoms with Crippen LogP contribution >= 0.6 is 23.2 Å². The molecule has 0 N–H and O–H groups in total. The van der Waals surface area contributed by atoms with Gasteiger partial charge in [0.2, 0.25) is 5.28 Å². The predicted octanol–water partition coefficient (Wildman–Crippen LogP) is 2.78. The van der Waals surface area contributed by atoms with E-state index < -0.39 is 17.1 Å². The second-order valence-electron chi connectivity index (χ2n) is 5.87. The van der Waals surface area contributed by atoms with E-state index in [4.69, 9.17) is 23.2 Å². The molecular formula is C18H10Cl2FN5O2. The molecule has 2 aromatic rings. The smallest absolute Gasteiger partial charge is 0.328 e. The number of benzene rings is 1. The molecule has 7 nitrogen and oxygen atoms in total.